The lowest BCUT2D eigenvalue weighted by molar-refractivity contribution is -0.135. The molecule has 0 aromatic heterocycles. The molecule has 7 nitrogen and oxygen atoms in total. The molecule has 0 aliphatic carbocycles. The summed E-state index contributed by atoms with van der Waals surface area (Å²) in [5.41, 5.74) is 0.810. The number of nitrogens with zero attached hydrogens (tertiary/aromatic N) is 3. The quantitative estimate of drug-likeness (QED) is 0.812. The summed E-state index contributed by atoms with van der Waals surface area (Å²) in [5.74, 6) is 0.156. The van der Waals surface area contributed by atoms with E-state index < -0.39 is 0 Å². The molecule has 160 valence electrons. The number of nitrogens with one attached hydrogen (secondary N) is 1. The van der Waals surface area contributed by atoms with Crippen molar-refractivity contribution in [2.45, 2.75) is 13.0 Å². The number of amides is 2. The Kier molecular flexibility index (Phi) is 6.62. The van der Waals surface area contributed by atoms with E-state index in [9.17, 15) is 9.59 Å². The van der Waals surface area contributed by atoms with Crippen LogP contribution in [-0.4, -0.2) is 91.6 Å². The molecule has 1 atom stereocenters. The molecule has 2 heterocycles. The maximum atomic E-state index is 12.8. The Balaban J connectivity index is 1.27. The first-order valence-corrected chi connectivity index (χ1v) is 10.7. The van der Waals surface area contributed by atoms with Gasteiger partial charge in [0.2, 0.25) is 11.8 Å². The van der Waals surface area contributed by atoms with Crippen molar-refractivity contribution in [3.63, 3.8) is 0 Å². The van der Waals surface area contributed by atoms with E-state index in [1.54, 1.807) is 0 Å². The van der Waals surface area contributed by atoms with Crippen molar-refractivity contribution < 1.29 is 14.3 Å². The summed E-state index contributed by atoms with van der Waals surface area (Å²) in [5, 5.41) is 5.30. The van der Waals surface area contributed by atoms with E-state index in [4.69, 9.17) is 4.74 Å². The highest BCUT2D eigenvalue weighted by Crippen LogP contribution is 2.19. The fourth-order valence-corrected chi connectivity index (χ4v) is 4.09. The molecule has 2 saturated heterocycles. The molecule has 2 aromatic carbocycles. The lowest BCUT2D eigenvalue weighted by Crippen LogP contribution is -2.55. The molecule has 0 bridgehead atoms. The van der Waals surface area contributed by atoms with E-state index in [1.807, 2.05) is 48.2 Å². The van der Waals surface area contributed by atoms with Crippen LogP contribution in [-0.2, 0) is 14.3 Å². The molecule has 2 fully saturated rings. The molecule has 1 unspecified atom stereocenters. The van der Waals surface area contributed by atoms with Gasteiger partial charge in [-0.25, -0.2) is 0 Å². The molecular formula is C23H30N4O3. The Hall–Kier alpha value is -2.48. The molecule has 2 aliphatic heterocycles. The van der Waals surface area contributed by atoms with Gasteiger partial charge >= 0.3 is 0 Å². The predicted molar refractivity (Wildman–Crippen MR) is 117 cm³/mol. The monoisotopic (exact) mass is 410 g/mol. The zero-order chi connectivity index (χ0) is 20.9. The molecule has 30 heavy (non-hydrogen) atoms. The topological polar surface area (TPSA) is 65.1 Å². The van der Waals surface area contributed by atoms with Gasteiger partial charge in [-0.15, -0.1) is 0 Å². The van der Waals surface area contributed by atoms with Gasteiger partial charge in [0.15, 0.2) is 0 Å². The summed E-state index contributed by atoms with van der Waals surface area (Å²) in [6.45, 7) is 8.17. The van der Waals surface area contributed by atoms with E-state index in [2.05, 4.69) is 21.2 Å². The fourth-order valence-electron chi connectivity index (χ4n) is 4.09. The second-order valence-electron chi connectivity index (χ2n) is 8.03. The minimum atomic E-state index is -0.243. The number of carbonyl (C=O) groups excluding carboxylic acids is 2. The van der Waals surface area contributed by atoms with Gasteiger partial charge in [0, 0.05) is 45.0 Å². The molecule has 0 spiro atoms. The summed E-state index contributed by atoms with van der Waals surface area (Å²) in [6.07, 6.45) is 0. The number of rotatable bonds is 5. The molecule has 4 rings (SSSR count). The minimum Gasteiger partial charge on any atom is -0.379 e. The largest absolute Gasteiger partial charge is 0.379 e. The number of morpholine rings is 1. The minimum absolute atomic E-state index is 0.0154. The molecule has 2 aromatic rings. The Bertz CT molecular complexity index is 889. The first-order chi connectivity index (χ1) is 14.6. The van der Waals surface area contributed by atoms with E-state index in [0.717, 1.165) is 29.5 Å². The van der Waals surface area contributed by atoms with Crippen molar-refractivity contribution in [1.82, 2.24) is 14.7 Å². The number of anilines is 1. The van der Waals surface area contributed by atoms with Crippen molar-refractivity contribution in [3.8, 4) is 0 Å². The van der Waals surface area contributed by atoms with Gasteiger partial charge in [0.05, 0.1) is 25.8 Å². The Morgan fingerprint density at radius 3 is 2.40 bits per heavy atom. The molecule has 7 heteroatoms. The number of fused-ring (bicyclic) bond motifs is 1. The van der Waals surface area contributed by atoms with Gasteiger partial charge in [-0.3, -0.25) is 19.4 Å². The SMILES string of the molecule is CC(C(=O)Nc1ccc2ccccc2c1)N1CCN(C(=O)CN2CCOCC2)CC1. The van der Waals surface area contributed by atoms with Gasteiger partial charge in [-0.05, 0) is 29.8 Å². The zero-order valence-electron chi connectivity index (χ0n) is 17.5. The van der Waals surface area contributed by atoms with E-state index >= 15 is 0 Å². The third-order valence-electron chi connectivity index (χ3n) is 6.07. The van der Waals surface area contributed by atoms with E-state index in [-0.39, 0.29) is 17.9 Å². The molecule has 0 saturated carbocycles. The van der Waals surface area contributed by atoms with Crippen LogP contribution in [0.15, 0.2) is 42.5 Å². The second kappa shape index (κ2) is 9.55. The van der Waals surface area contributed by atoms with Gasteiger partial charge in [-0.1, -0.05) is 30.3 Å². The van der Waals surface area contributed by atoms with Crippen LogP contribution in [0, 0.1) is 0 Å². The van der Waals surface area contributed by atoms with Crippen LogP contribution < -0.4 is 5.32 Å². The highest BCUT2D eigenvalue weighted by molar-refractivity contribution is 5.97. The average Bonchev–Trinajstić information content (AvgIpc) is 2.79. The first kappa shape index (κ1) is 20.8. The number of ether oxygens (including phenoxy) is 1. The van der Waals surface area contributed by atoms with Crippen LogP contribution in [0.5, 0.6) is 0 Å². The van der Waals surface area contributed by atoms with Crippen LogP contribution >= 0.6 is 0 Å². The van der Waals surface area contributed by atoms with Crippen LogP contribution in [0.4, 0.5) is 5.69 Å². The maximum Gasteiger partial charge on any atom is 0.241 e. The summed E-state index contributed by atoms with van der Waals surface area (Å²) >= 11 is 0. The van der Waals surface area contributed by atoms with Crippen molar-refractivity contribution in [3.05, 3.63) is 42.5 Å². The van der Waals surface area contributed by atoms with Crippen molar-refractivity contribution >= 4 is 28.3 Å². The van der Waals surface area contributed by atoms with Gasteiger partial charge in [0.25, 0.3) is 0 Å². The lowest BCUT2D eigenvalue weighted by atomic mass is 10.1. The zero-order valence-corrected chi connectivity index (χ0v) is 17.5. The second-order valence-corrected chi connectivity index (χ2v) is 8.03. The third kappa shape index (κ3) is 4.98. The number of benzene rings is 2. The lowest BCUT2D eigenvalue weighted by Gasteiger charge is -2.38. The van der Waals surface area contributed by atoms with Gasteiger partial charge in [0.1, 0.15) is 0 Å². The van der Waals surface area contributed by atoms with Crippen molar-refractivity contribution in [1.29, 1.82) is 0 Å². The highest BCUT2D eigenvalue weighted by Gasteiger charge is 2.28. The van der Waals surface area contributed by atoms with Crippen LogP contribution in [0.2, 0.25) is 0 Å². The average molecular weight is 411 g/mol. The first-order valence-electron chi connectivity index (χ1n) is 10.7. The normalized spacial score (nSPS) is 19.6. The summed E-state index contributed by atoms with van der Waals surface area (Å²) < 4.78 is 5.34. The Morgan fingerprint density at radius 1 is 0.967 bits per heavy atom. The number of piperazine rings is 1. The molecule has 2 aliphatic rings. The van der Waals surface area contributed by atoms with Crippen LogP contribution in [0.25, 0.3) is 10.8 Å². The summed E-state index contributed by atoms with van der Waals surface area (Å²) in [7, 11) is 0. The van der Waals surface area contributed by atoms with E-state index in [0.29, 0.717) is 45.9 Å². The highest BCUT2D eigenvalue weighted by atomic mass is 16.5. The van der Waals surface area contributed by atoms with Crippen molar-refractivity contribution in [2.75, 3.05) is 64.3 Å². The maximum absolute atomic E-state index is 12.8. The number of hydrogen-bond acceptors (Lipinski definition) is 5. The standard InChI is InChI=1S/C23H30N4O3/c1-18(23(29)24-21-7-6-19-4-2-3-5-20(19)16-21)26-8-10-27(11-9-26)22(28)17-25-12-14-30-15-13-25/h2-7,16,18H,8-15,17H2,1H3,(H,24,29). The fraction of sp³-hybridized carbons (Fsp3) is 0.478. The smallest absolute Gasteiger partial charge is 0.241 e. The van der Waals surface area contributed by atoms with E-state index in [1.165, 1.54) is 0 Å². The predicted octanol–water partition coefficient (Wildman–Crippen LogP) is 1.64. The summed E-state index contributed by atoms with van der Waals surface area (Å²) in [6, 6.07) is 13.8. The van der Waals surface area contributed by atoms with Crippen LogP contribution in [0.3, 0.4) is 0 Å². The molecule has 0 radical (unpaired) electrons. The van der Waals surface area contributed by atoms with Crippen LogP contribution in [0.1, 0.15) is 6.92 Å². The third-order valence-corrected chi connectivity index (χ3v) is 6.07. The van der Waals surface area contributed by atoms with Gasteiger partial charge in [-0.2, -0.15) is 0 Å². The molecular weight excluding hydrogens is 380 g/mol. The Morgan fingerprint density at radius 2 is 1.67 bits per heavy atom. The molecule has 2 amide bonds. The van der Waals surface area contributed by atoms with Gasteiger partial charge < -0.3 is 15.0 Å². The number of carbonyl (C=O) groups is 2. The van der Waals surface area contributed by atoms with Crippen molar-refractivity contribution in [2.24, 2.45) is 0 Å². The Labute approximate surface area is 177 Å². The number of hydrogen-bond donors (Lipinski definition) is 1. The summed E-state index contributed by atoms with van der Waals surface area (Å²) in [4.78, 5) is 31.6. The molecule has 1 N–H and O–H groups in total.